The molecule has 0 spiro atoms. The van der Waals surface area contributed by atoms with Gasteiger partial charge < -0.3 is 18.6 Å². The molecule has 1 fully saturated rings. The van der Waals surface area contributed by atoms with Crippen molar-refractivity contribution in [2.24, 2.45) is 0 Å². The first-order valence-electron chi connectivity index (χ1n) is 8.18. The van der Waals surface area contributed by atoms with Gasteiger partial charge in [-0.3, -0.25) is 4.90 Å². The lowest BCUT2D eigenvalue weighted by atomic mass is 10.2. The Morgan fingerprint density at radius 1 is 1.16 bits per heavy atom. The second kappa shape index (κ2) is 7.55. The summed E-state index contributed by atoms with van der Waals surface area (Å²) in [4.78, 5) is 2.60. The highest BCUT2D eigenvalue weighted by molar-refractivity contribution is 7.71. The van der Waals surface area contributed by atoms with Crippen molar-refractivity contribution >= 4 is 12.2 Å². The second-order valence-electron chi connectivity index (χ2n) is 6.18. The first kappa shape index (κ1) is 17.9. The van der Waals surface area contributed by atoms with Crippen LogP contribution in [0.2, 0.25) is 0 Å². The predicted octanol–water partition coefficient (Wildman–Crippen LogP) is 2.96. The topological polar surface area (TPSA) is 61.9 Å². The van der Waals surface area contributed by atoms with E-state index in [1.807, 2.05) is 18.2 Å². The Morgan fingerprint density at radius 2 is 1.84 bits per heavy atom. The zero-order valence-corrected chi connectivity index (χ0v) is 15.7. The van der Waals surface area contributed by atoms with Crippen molar-refractivity contribution in [1.82, 2.24) is 14.7 Å². The van der Waals surface area contributed by atoms with Crippen LogP contribution in [0.25, 0.3) is 11.5 Å². The lowest BCUT2D eigenvalue weighted by molar-refractivity contribution is -0.0778. The largest absolute Gasteiger partial charge is 0.493 e. The van der Waals surface area contributed by atoms with E-state index >= 15 is 0 Å². The molecule has 3 rings (SSSR count). The monoisotopic (exact) mass is 365 g/mol. The minimum Gasteiger partial charge on any atom is -0.493 e. The van der Waals surface area contributed by atoms with Crippen LogP contribution in [0.1, 0.15) is 13.8 Å². The summed E-state index contributed by atoms with van der Waals surface area (Å²) in [5.41, 5.74) is 0.784. The van der Waals surface area contributed by atoms with Gasteiger partial charge in [0.05, 0.1) is 33.1 Å². The normalized spacial score (nSPS) is 21.3. The van der Waals surface area contributed by atoms with Gasteiger partial charge in [-0.1, -0.05) is 0 Å². The molecule has 0 unspecified atom stereocenters. The second-order valence-corrected chi connectivity index (χ2v) is 6.53. The fraction of sp³-hybridized carbons (Fsp3) is 0.529. The van der Waals surface area contributed by atoms with Gasteiger partial charge in [0.25, 0.3) is 4.84 Å². The number of benzene rings is 1. The zero-order valence-electron chi connectivity index (χ0n) is 14.9. The van der Waals surface area contributed by atoms with E-state index in [2.05, 4.69) is 23.8 Å². The van der Waals surface area contributed by atoms with Crippen LogP contribution in [0.4, 0.5) is 0 Å². The van der Waals surface area contributed by atoms with Gasteiger partial charge in [0.1, 0.15) is 0 Å². The van der Waals surface area contributed by atoms with E-state index in [0.29, 0.717) is 28.9 Å². The smallest absolute Gasteiger partial charge is 0.288 e. The number of hydrogen-bond acceptors (Lipinski definition) is 7. The van der Waals surface area contributed by atoms with Crippen LogP contribution >= 0.6 is 12.2 Å². The predicted molar refractivity (Wildman–Crippen MR) is 95.4 cm³/mol. The minimum absolute atomic E-state index is 0.190. The van der Waals surface area contributed by atoms with Gasteiger partial charge in [0.15, 0.2) is 11.5 Å². The van der Waals surface area contributed by atoms with Gasteiger partial charge >= 0.3 is 0 Å². The Bertz CT molecular complexity index is 778. The molecule has 1 aliphatic rings. The van der Waals surface area contributed by atoms with Crippen molar-refractivity contribution in [3.8, 4) is 23.0 Å². The summed E-state index contributed by atoms with van der Waals surface area (Å²) in [6.45, 7) is 6.39. The van der Waals surface area contributed by atoms with Crippen LogP contribution in [0, 0.1) is 4.84 Å². The van der Waals surface area contributed by atoms with Gasteiger partial charge in [-0.15, -0.1) is 5.10 Å². The summed E-state index contributed by atoms with van der Waals surface area (Å²) >= 11 is 5.33. The molecule has 1 aromatic heterocycles. The molecule has 2 atom stereocenters. The summed E-state index contributed by atoms with van der Waals surface area (Å²) < 4.78 is 23.7. The third-order valence-corrected chi connectivity index (χ3v) is 4.36. The first-order chi connectivity index (χ1) is 12.0. The Labute approximate surface area is 152 Å². The van der Waals surface area contributed by atoms with Crippen molar-refractivity contribution in [3.63, 3.8) is 0 Å². The third kappa shape index (κ3) is 4.02. The lowest BCUT2D eigenvalue weighted by Crippen LogP contribution is -2.46. The number of methoxy groups -OCH3 is 2. The quantitative estimate of drug-likeness (QED) is 0.755. The molecule has 0 aliphatic carbocycles. The van der Waals surface area contributed by atoms with Crippen molar-refractivity contribution in [2.75, 3.05) is 27.3 Å². The van der Waals surface area contributed by atoms with Crippen molar-refractivity contribution in [3.05, 3.63) is 23.0 Å². The molecule has 0 N–H and O–H groups in total. The van der Waals surface area contributed by atoms with Crippen LogP contribution in [0.15, 0.2) is 22.6 Å². The molecule has 0 bridgehead atoms. The molecule has 25 heavy (non-hydrogen) atoms. The molecule has 0 amide bonds. The van der Waals surface area contributed by atoms with E-state index in [-0.39, 0.29) is 12.2 Å². The van der Waals surface area contributed by atoms with E-state index in [0.717, 1.165) is 18.7 Å². The average Bonchev–Trinajstić information content (AvgIpc) is 2.94. The highest BCUT2D eigenvalue weighted by Gasteiger charge is 2.23. The van der Waals surface area contributed by atoms with E-state index in [1.54, 1.807) is 18.9 Å². The van der Waals surface area contributed by atoms with Crippen LogP contribution in [-0.4, -0.2) is 54.2 Å². The van der Waals surface area contributed by atoms with Gasteiger partial charge in [0, 0.05) is 18.7 Å². The molecule has 0 saturated carbocycles. The SMILES string of the molecule is COc1ccc(-c2nn(CN3C[C@@H](C)O[C@H](C)C3)c(=S)o2)cc1OC. The molecule has 0 radical (unpaired) electrons. The number of aromatic nitrogens is 2. The van der Waals surface area contributed by atoms with Gasteiger partial charge in [-0.2, -0.15) is 0 Å². The highest BCUT2D eigenvalue weighted by Crippen LogP contribution is 2.31. The maximum atomic E-state index is 5.76. The van der Waals surface area contributed by atoms with Gasteiger partial charge in [-0.25, -0.2) is 4.68 Å². The van der Waals surface area contributed by atoms with Crippen LogP contribution in [0.3, 0.4) is 0 Å². The van der Waals surface area contributed by atoms with Crippen molar-refractivity contribution in [1.29, 1.82) is 0 Å². The number of nitrogens with zero attached hydrogens (tertiary/aromatic N) is 3. The Kier molecular flexibility index (Phi) is 5.41. The van der Waals surface area contributed by atoms with Gasteiger partial charge in [0.2, 0.25) is 5.89 Å². The summed E-state index contributed by atoms with van der Waals surface area (Å²) in [5.74, 6) is 1.73. The Hall–Kier alpha value is -1.90. The maximum Gasteiger partial charge on any atom is 0.288 e. The average molecular weight is 365 g/mol. The number of morpholine rings is 1. The van der Waals surface area contributed by atoms with E-state index in [1.165, 1.54) is 0 Å². The molecule has 136 valence electrons. The van der Waals surface area contributed by atoms with Crippen LogP contribution < -0.4 is 9.47 Å². The van der Waals surface area contributed by atoms with Crippen LogP contribution in [0.5, 0.6) is 11.5 Å². The number of hydrogen-bond donors (Lipinski definition) is 0. The fourth-order valence-corrected chi connectivity index (χ4v) is 3.25. The number of rotatable bonds is 5. The minimum atomic E-state index is 0.190. The van der Waals surface area contributed by atoms with E-state index < -0.39 is 0 Å². The molecule has 2 aromatic rings. The molecule has 8 heteroatoms. The fourth-order valence-electron chi connectivity index (χ4n) is 3.07. The molecular formula is C17H23N3O4S. The van der Waals surface area contributed by atoms with Crippen LogP contribution in [-0.2, 0) is 11.4 Å². The number of ether oxygens (including phenoxy) is 3. The third-order valence-electron chi connectivity index (χ3n) is 4.07. The Balaban J connectivity index is 1.82. The molecule has 7 nitrogen and oxygen atoms in total. The van der Waals surface area contributed by atoms with Gasteiger partial charge in [-0.05, 0) is 44.3 Å². The molecule has 1 aromatic carbocycles. The molecule has 1 aliphatic heterocycles. The maximum absolute atomic E-state index is 5.76. The summed E-state index contributed by atoms with van der Waals surface area (Å²) in [5, 5.41) is 4.52. The van der Waals surface area contributed by atoms with E-state index in [9.17, 15) is 0 Å². The summed E-state index contributed by atoms with van der Waals surface area (Å²) in [6, 6.07) is 5.50. The standard InChI is InChI=1S/C17H23N3O4S/c1-11-8-19(9-12(2)23-11)10-20-17(25)24-16(18-20)13-5-6-14(21-3)15(7-13)22-4/h5-7,11-12H,8-10H2,1-4H3/t11-,12-/m1/s1. The highest BCUT2D eigenvalue weighted by atomic mass is 32.1. The molecule has 2 heterocycles. The summed E-state index contributed by atoms with van der Waals surface area (Å²) in [6.07, 6.45) is 0.380. The lowest BCUT2D eigenvalue weighted by Gasteiger charge is -2.34. The molecule has 1 saturated heterocycles. The van der Waals surface area contributed by atoms with Crippen molar-refractivity contribution < 1.29 is 18.6 Å². The zero-order chi connectivity index (χ0) is 18.0. The first-order valence-corrected chi connectivity index (χ1v) is 8.59. The van der Waals surface area contributed by atoms with Crippen molar-refractivity contribution in [2.45, 2.75) is 32.7 Å². The summed E-state index contributed by atoms with van der Waals surface area (Å²) in [7, 11) is 3.19. The molecular weight excluding hydrogens is 342 g/mol. The Morgan fingerprint density at radius 3 is 2.48 bits per heavy atom. The van der Waals surface area contributed by atoms with E-state index in [4.69, 9.17) is 30.8 Å².